The maximum absolute atomic E-state index is 11.4. The summed E-state index contributed by atoms with van der Waals surface area (Å²) in [4.78, 5) is 19.0. The Bertz CT molecular complexity index is 280. The Hall–Kier alpha value is -1.25. The molecule has 0 aromatic carbocycles. The highest BCUT2D eigenvalue weighted by Crippen LogP contribution is 2.33. The maximum Gasteiger partial charge on any atom is 0.166 e. The fraction of sp³-hybridized carbons (Fsp3) is 0.444. The van der Waals surface area contributed by atoms with Crippen molar-refractivity contribution in [2.45, 2.75) is 19.3 Å². The molecule has 2 rings (SSSR count). The van der Waals surface area contributed by atoms with Crippen molar-refractivity contribution in [1.82, 2.24) is 9.97 Å². The zero-order chi connectivity index (χ0) is 8.39. The Morgan fingerprint density at radius 2 is 2.08 bits per heavy atom. The zero-order valence-corrected chi connectivity index (χ0v) is 6.73. The molecule has 1 aromatic rings. The zero-order valence-electron chi connectivity index (χ0n) is 6.73. The molecule has 1 saturated carbocycles. The van der Waals surface area contributed by atoms with Gasteiger partial charge >= 0.3 is 0 Å². The summed E-state index contributed by atoms with van der Waals surface area (Å²) < 4.78 is 0. The highest BCUT2D eigenvalue weighted by molar-refractivity contribution is 5.95. The first-order chi connectivity index (χ1) is 5.86. The Morgan fingerprint density at radius 1 is 1.42 bits per heavy atom. The second-order valence-electron chi connectivity index (χ2n) is 3.20. The molecule has 0 bridgehead atoms. The average Bonchev–Trinajstić information content (AvgIpc) is 2.90. The monoisotopic (exact) mass is 162 g/mol. The van der Waals surface area contributed by atoms with Crippen molar-refractivity contribution in [2.24, 2.45) is 5.92 Å². The summed E-state index contributed by atoms with van der Waals surface area (Å²) in [5, 5.41) is 0. The van der Waals surface area contributed by atoms with Crippen molar-refractivity contribution in [3.05, 3.63) is 24.3 Å². The van der Waals surface area contributed by atoms with E-state index in [4.69, 9.17) is 0 Å². The molecule has 12 heavy (non-hydrogen) atoms. The first kappa shape index (κ1) is 7.40. The number of hydrogen-bond donors (Lipinski definition) is 0. The van der Waals surface area contributed by atoms with Crippen LogP contribution in [0, 0.1) is 5.92 Å². The summed E-state index contributed by atoms with van der Waals surface area (Å²) in [7, 11) is 0. The van der Waals surface area contributed by atoms with Crippen LogP contribution >= 0.6 is 0 Å². The number of Topliss-reactive ketones (excluding diaryl/α,β-unsaturated/α-hetero) is 1. The van der Waals surface area contributed by atoms with Gasteiger partial charge in [0.1, 0.15) is 6.33 Å². The molecule has 1 aliphatic rings. The van der Waals surface area contributed by atoms with E-state index in [1.807, 2.05) is 0 Å². The molecule has 0 saturated heterocycles. The topological polar surface area (TPSA) is 42.9 Å². The molecule has 0 amide bonds. The van der Waals surface area contributed by atoms with Crippen LogP contribution in [0.4, 0.5) is 0 Å². The minimum Gasteiger partial charge on any atom is -0.294 e. The van der Waals surface area contributed by atoms with Gasteiger partial charge in [-0.15, -0.1) is 0 Å². The molecule has 3 nitrogen and oxygen atoms in total. The van der Waals surface area contributed by atoms with Crippen molar-refractivity contribution in [1.29, 1.82) is 0 Å². The molecule has 0 aliphatic heterocycles. The first-order valence-corrected chi connectivity index (χ1v) is 4.14. The van der Waals surface area contributed by atoms with Crippen LogP contribution in [0.3, 0.4) is 0 Å². The lowest BCUT2D eigenvalue weighted by Crippen LogP contribution is -2.00. The van der Waals surface area contributed by atoms with Crippen LogP contribution in [0.1, 0.15) is 29.6 Å². The average molecular weight is 162 g/mol. The molecule has 0 atom stereocenters. The smallest absolute Gasteiger partial charge is 0.166 e. The number of nitrogens with zero attached hydrogens (tertiary/aromatic N) is 2. The molecule has 62 valence electrons. The molecule has 1 aromatic heterocycles. The predicted octanol–water partition coefficient (Wildman–Crippen LogP) is 1.46. The summed E-state index contributed by atoms with van der Waals surface area (Å²) in [5.74, 6) is 0.816. The van der Waals surface area contributed by atoms with Gasteiger partial charge in [-0.3, -0.25) is 4.79 Å². The molecule has 1 heterocycles. The van der Waals surface area contributed by atoms with E-state index < -0.39 is 0 Å². The lowest BCUT2D eigenvalue weighted by atomic mass is 10.1. The molecule has 1 aliphatic carbocycles. The molecule has 0 unspecified atom stereocenters. The second kappa shape index (κ2) is 3.01. The van der Waals surface area contributed by atoms with Gasteiger partial charge in [-0.05, 0) is 18.8 Å². The third-order valence-corrected chi connectivity index (χ3v) is 2.05. The van der Waals surface area contributed by atoms with E-state index in [0.717, 1.165) is 0 Å². The standard InChI is InChI=1S/C9H10N2O/c12-9(3-7-1-2-7)8-4-10-6-11-5-8/h4-7H,1-3H2. The van der Waals surface area contributed by atoms with Crippen LogP contribution in [-0.2, 0) is 0 Å². The molecular weight excluding hydrogens is 152 g/mol. The molecule has 0 spiro atoms. The largest absolute Gasteiger partial charge is 0.294 e. The van der Waals surface area contributed by atoms with Crippen LogP contribution in [0.15, 0.2) is 18.7 Å². The van der Waals surface area contributed by atoms with Gasteiger partial charge in [0.05, 0.1) is 5.56 Å². The van der Waals surface area contributed by atoms with E-state index in [9.17, 15) is 4.79 Å². The van der Waals surface area contributed by atoms with Crippen LogP contribution in [0.5, 0.6) is 0 Å². The van der Waals surface area contributed by atoms with Gasteiger partial charge in [0, 0.05) is 18.8 Å². The summed E-state index contributed by atoms with van der Waals surface area (Å²) in [6.45, 7) is 0. The van der Waals surface area contributed by atoms with E-state index in [1.165, 1.54) is 19.2 Å². The highest BCUT2D eigenvalue weighted by atomic mass is 16.1. The fourth-order valence-corrected chi connectivity index (χ4v) is 1.15. The molecule has 0 radical (unpaired) electrons. The maximum atomic E-state index is 11.4. The number of ketones is 1. The summed E-state index contributed by atoms with van der Waals surface area (Å²) >= 11 is 0. The Labute approximate surface area is 70.9 Å². The molecule has 1 fully saturated rings. The Balaban J connectivity index is 2.03. The minimum absolute atomic E-state index is 0.179. The molecular formula is C9H10N2O. The number of carbonyl (C=O) groups excluding carboxylic acids is 1. The van der Waals surface area contributed by atoms with Crippen molar-refractivity contribution < 1.29 is 4.79 Å². The van der Waals surface area contributed by atoms with Crippen molar-refractivity contribution in [2.75, 3.05) is 0 Å². The number of carbonyl (C=O) groups is 1. The number of rotatable bonds is 3. The third-order valence-electron chi connectivity index (χ3n) is 2.05. The van der Waals surface area contributed by atoms with E-state index in [2.05, 4.69) is 9.97 Å². The molecule has 0 N–H and O–H groups in total. The normalized spacial score (nSPS) is 16.0. The fourth-order valence-electron chi connectivity index (χ4n) is 1.15. The molecule has 3 heteroatoms. The third kappa shape index (κ3) is 1.67. The van der Waals surface area contributed by atoms with Crippen molar-refractivity contribution in [3.8, 4) is 0 Å². The van der Waals surface area contributed by atoms with Gasteiger partial charge in [0.25, 0.3) is 0 Å². The van der Waals surface area contributed by atoms with Gasteiger partial charge in [-0.25, -0.2) is 9.97 Å². The van der Waals surface area contributed by atoms with Crippen LogP contribution in [0.25, 0.3) is 0 Å². The van der Waals surface area contributed by atoms with Gasteiger partial charge in [0.2, 0.25) is 0 Å². The Morgan fingerprint density at radius 3 is 2.67 bits per heavy atom. The summed E-state index contributed by atoms with van der Waals surface area (Å²) in [6.07, 6.45) is 7.69. The number of hydrogen-bond acceptors (Lipinski definition) is 3. The second-order valence-corrected chi connectivity index (χ2v) is 3.20. The van der Waals surface area contributed by atoms with Crippen LogP contribution in [-0.4, -0.2) is 15.8 Å². The SMILES string of the molecule is O=C(CC1CC1)c1cncnc1. The van der Waals surface area contributed by atoms with Crippen molar-refractivity contribution >= 4 is 5.78 Å². The van der Waals surface area contributed by atoms with Crippen molar-refractivity contribution in [3.63, 3.8) is 0 Å². The summed E-state index contributed by atoms with van der Waals surface area (Å²) in [6, 6.07) is 0. The predicted molar refractivity (Wildman–Crippen MR) is 43.7 cm³/mol. The van der Waals surface area contributed by atoms with Gasteiger partial charge in [-0.2, -0.15) is 0 Å². The number of aromatic nitrogens is 2. The van der Waals surface area contributed by atoms with Crippen LogP contribution < -0.4 is 0 Å². The van der Waals surface area contributed by atoms with E-state index in [0.29, 0.717) is 17.9 Å². The Kier molecular flexibility index (Phi) is 1.86. The quantitative estimate of drug-likeness (QED) is 0.632. The van der Waals surface area contributed by atoms with E-state index in [1.54, 1.807) is 12.4 Å². The van der Waals surface area contributed by atoms with E-state index in [-0.39, 0.29) is 5.78 Å². The lowest BCUT2D eigenvalue weighted by Gasteiger charge is -1.96. The van der Waals surface area contributed by atoms with Gasteiger partial charge < -0.3 is 0 Å². The summed E-state index contributed by atoms with van der Waals surface area (Å²) in [5.41, 5.74) is 0.643. The highest BCUT2D eigenvalue weighted by Gasteiger charge is 2.24. The van der Waals surface area contributed by atoms with Gasteiger partial charge in [0.15, 0.2) is 5.78 Å². The first-order valence-electron chi connectivity index (χ1n) is 4.14. The van der Waals surface area contributed by atoms with Gasteiger partial charge in [-0.1, -0.05) is 0 Å². The lowest BCUT2D eigenvalue weighted by molar-refractivity contribution is 0.0975. The van der Waals surface area contributed by atoms with Crippen LogP contribution in [0.2, 0.25) is 0 Å². The van der Waals surface area contributed by atoms with E-state index >= 15 is 0 Å². The minimum atomic E-state index is 0.179.